The quantitative estimate of drug-likeness (QED) is 0.765. The highest BCUT2D eigenvalue weighted by molar-refractivity contribution is 5.91. The smallest absolute Gasteiger partial charge is 0.319 e. The summed E-state index contributed by atoms with van der Waals surface area (Å²) in [4.78, 5) is 29.6. The first-order valence-electron chi connectivity index (χ1n) is 7.94. The van der Waals surface area contributed by atoms with Crippen molar-refractivity contribution in [3.63, 3.8) is 0 Å². The molecule has 1 aromatic carbocycles. The minimum Gasteiger partial charge on any atom is -0.359 e. The number of aromatic nitrogens is 1. The van der Waals surface area contributed by atoms with E-state index in [9.17, 15) is 9.59 Å². The number of amides is 2. The first-order chi connectivity index (χ1) is 11.0. The average molecular weight is 316 g/mol. The summed E-state index contributed by atoms with van der Waals surface area (Å²) >= 11 is 0. The van der Waals surface area contributed by atoms with Gasteiger partial charge in [0.2, 0.25) is 5.43 Å². The first kappa shape index (κ1) is 17.0. The maximum absolute atomic E-state index is 12.4. The van der Waals surface area contributed by atoms with Crippen LogP contribution in [0.25, 0.3) is 10.9 Å². The summed E-state index contributed by atoms with van der Waals surface area (Å²) in [5, 5.41) is 5.97. The van der Waals surface area contributed by atoms with E-state index in [4.69, 9.17) is 0 Å². The summed E-state index contributed by atoms with van der Waals surface area (Å²) in [7, 11) is 0. The monoisotopic (exact) mass is 316 g/mol. The lowest BCUT2D eigenvalue weighted by Gasteiger charge is -2.18. The van der Waals surface area contributed by atoms with Gasteiger partial charge in [0.15, 0.2) is 0 Å². The third kappa shape index (κ3) is 4.32. The number of hydrogen-bond donors (Lipinski definition) is 3. The fourth-order valence-corrected chi connectivity index (χ4v) is 2.46. The Morgan fingerprint density at radius 3 is 2.70 bits per heavy atom. The molecule has 0 fully saturated rings. The molecule has 23 heavy (non-hydrogen) atoms. The number of benzene rings is 1. The Bertz CT molecular complexity index is 735. The van der Waals surface area contributed by atoms with E-state index in [1.807, 2.05) is 25.1 Å². The van der Waals surface area contributed by atoms with E-state index in [-0.39, 0.29) is 17.1 Å². The van der Waals surface area contributed by atoms with Crippen LogP contribution in [0.15, 0.2) is 29.2 Å². The van der Waals surface area contributed by atoms with Crippen LogP contribution in [0.4, 0.5) is 10.5 Å². The lowest BCUT2D eigenvalue weighted by Crippen LogP contribution is -2.37. The van der Waals surface area contributed by atoms with Crippen molar-refractivity contribution < 1.29 is 4.79 Å². The third-order valence-corrected chi connectivity index (χ3v) is 3.89. The molecule has 0 aliphatic rings. The molecule has 124 valence electrons. The van der Waals surface area contributed by atoms with Gasteiger partial charge in [-0.2, -0.15) is 0 Å². The van der Waals surface area contributed by atoms with Gasteiger partial charge < -0.3 is 20.5 Å². The molecule has 1 aromatic heterocycles. The van der Waals surface area contributed by atoms with Crippen LogP contribution in [0.1, 0.15) is 19.4 Å². The maximum Gasteiger partial charge on any atom is 0.319 e. The fourth-order valence-electron chi connectivity index (χ4n) is 2.46. The predicted octanol–water partition coefficient (Wildman–Crippen LogP) is 2.30. The van der Waals surface area contributed by atoms with Crippen molar-refractivity contribution >= 4 is 22.6 Å². The fraction of sp³-hybridized carbons (Fsp3) is 0.412. The molecule has 2 amide bonds. The Balaban J connectivity index is 2.02. The Morgan fingerprint density at radius 1 is 1.26 bits per heavy atom. The number of H-pyrrole nitrogens is 1. The van der Waals surface area contributed by atoms with E-state index in [1.165, 1.54) is 6.20 Å². The second-order valence-electron chi connectivity index (χ2n) is 5.49. The summed E-state index contributed by atoms with van der Waals surface area (Å²) in [5.74, 6) is 0. The largest absolute Gasteiger partial charge is 0.359 e. The normalized spacial score (nSPS) is 11.0. The van der Waals surface area contributed by atoms with Gasteiger partial charge in [-0.1, -0.05) is 25.5 Å². The number of urea groups is 1. The predicted molar refractivity (Wildman–Crippen MR) is 94.1 cm³/mol. The maximum atomic E-state index is 12.4. The zero-order valence-electron chi connectivity index (χ0n) is 13.9. The van der Waals surface area contributed by atoms with Gasteiger partial charge in [0.1, 0.15) is 5.69 Å². The van der Waals surface area contributed by atoms with Crippen molar-refractivity contribution in [2.75, 3.05) is 31.5 Å². The SMILES string of the molecule is CCN(CC)CCNC(=O)Nc1c[nH]c2ccc(C)cc2c1=O. The van der Waals surface area contributed by atoms with Crippen LogP contribution in [0.2, 0.25) is 0 Å². The van der Waals surface area contributed by atoms with Crippen molar-refractivity contribution in [3.8, 4) is 0 Å². The van der Waals surface area contributed by atoms with Gasteiger partial charge in [0, 0.05) is 30.2 Å². The summed E-state index contributed by atoms with van der Waals surface area (Å²) in [6.45, 7) is 9.32. The summed E-state index contributed by atoms with van der Waals surface area (Å²) < 4.78 is 0. The average Bonchev–Trinajstić information content (AvgIpc) is 2.55. The number of pyridine rings is 1. The molecule has 3 N–H and O–H groups in total. The number of carbonyl (C=O) groups is 1. The number of aryl methyl sites for hydroxylation is 1. The summed E-state index contributed by atoms with van der Waals surface area (Å²) in [6.07, 6.45) is 1.53. The van der Waals surface area contributed by atoms with Gasteiger partial charge >= 0.3 is 6.03 Å². The van der Waals surface area contributed by atoms with Gasteiger partial charge in [-0.15, -0.1) is 0 Å². The van der Waals surface area contributed by atoms with E-state index < -0.39 is 0 Å². The second kappa shape index (κ2) is 7.78. The van der Waals surface area contributed by atoms with Crippen LogP contribution in [0, 0.1) is 6.92 Å². The summed E-state index contributed by atoms with van der Waals surface area (Å²) in [5.41, 5.74) is 1.83. The number of nitrogens with one attached hydrogen (secondary N) is 3. The molecule has 0 saturated carbocycles. The molecule has 0 unspecified atom stereocenters. The van der Waals surface area contributed by atoms with E-state index in [0.717, 1.165) is 30.7 Å². The molecular formula is C17H24N4O2. The molecule has 0 saturated heterocycles. The van der Waals surface area contributed by atoms with E-state index in [0.29, 0.717) is 11.9 Å². The zero-order chi connectivity index (χ0) is 16.8. The van der Waals surface area contributed by atoms with Crippen LogP contribution >= 0.6 is 0 Å². The minimum absolute atomic E-state index is 0.179. The molecule has 1 heterocycles. The van der Waals surface area contributed by atoms with Gasteiger partial charge in [-0.3, -0.25) is 4.79 Å². The van der Waals surface area contributed by atoms with Gasteiger partial charge in [0.25, 0.3) is 0 Å². The number of likely N-dealkylation sites (N-methyl/N-ethyl adjacent to an activating group) is 1. The summed E-state index contributed by atoms with van der Waals surface area (Å²) in [6, 6.07) is 5.25. The lowest BCUT2D eigenvalue weighted by molar-refractivity contribution is 0.248. The molecule has 0 atom stereocenters. The van der Waals surface area contributed by atoms with Crippen LogP contribution in [-0.2, 0) is 0 Å². The zero-order valence-corrected chi connectivity index (χ0v) is 13.9. The highest BCUT2D eigenvalue weighted by Crippen LogP contribution is 2.12. The van der Waals surface area contributed by atoms with Crippen molar-refractivity contribution in [2.45, 2.75) is 20.8 Å². The molecule has 0 aliphatic heterocycles. The number of carbonyl (C=O) groups excluding carboxylic acids is 1. The molecular weight excluding hydrogens is 292 g/mol. The molecule has 0 bridgehead atoms. The second-order valence-corrected chi connectivity index (χ2v) is 5.49. The molecule has 0 spiro atoms. The molecule has 6 heteroatoms. The number of anilines is 1. The molecule has 0 aliphatic carbocycles. The van der Waals surface area contributed by atoms with Gasteiger partial charge in [0.05, 0.1) is 0 Å². The van der Waals surface area contributed by atoms with Crippen LogP contribution < -0.4 is 16.1 Å². The Hall–Kier alpha value is -2.34. The van der Waals surface area contributed by atoms with Crippen LogP contribution in [-0.4, -0.2) is 42.1 Å². The van der Waals surface area contributed by atoms with Crippen molar-refractivity contribution in [1.29, 1.82) is 0 Å². The Labute approximate surface area is 135 Å². The van der Waals surface area contributed by atoms with Crippen LogP contribution in [0.5, 0.6) is 0 Å². The van der Waals surface area contributed by atoms with Gasteiger partial charge in [-0.05, 0) is 32.1 Å². The van der Waals surface area contributed by atoms with Crippen molar-refractivity contribution in [1.82, 2.24) is 15.2 Å². The molecule has 6 nitrogen and oxygen atoms in total. The van der Waals surface area contributed by atoms with E-state index in [2.05, 4.69) is 34.4 Å². The van der Waals surface area contributed by atoms with Crippen molar-refractivity contribution in [2.24, 2.45) is 0 Å². The number of hydrogen-bond acceptors (Lipinski definition) is 3. The number of rotatable bonds is 6. The minimum atomic E-state index is -0.366. The Kier molecular flexibility index (Phi) is 5.76. The lowest BCUT2D eigenvalue weighted by atomic mass is 10.1. The highest BCUT2D eigenvalue weighted by atomic mass is 16.2. The topological polar surface area (TPSA) is 77.2 Å². The number of fused-ring (bicyclic) bond motifs is 1. The Morgan fingerprint density at radius 2 is 2.00 bits per heavy atom. The van der Waals surface area contributed by atoms with Gasteiger partial charge in [-0.25, -0.2) is 4.79 Å². The van der Waals surface area contributed by atoms with Crippen LogP contribution in [0.3, 0.4) is 0 Å². The molecule has 0 radical (unpaired) electrons. The van der Waals surface area contributed by atoms with E-state index >= 15 is 0 Å². The first-order valence-corrected chi connectivity index (χ1v) is 7.94. The van der Waals surface area contributed by atoms with E-state index in [1.54, 1.807) is 0 Å². The van der Waals surface area contributed by atoms with Crippen molar-refractivity contribution in [3.05, 3.63) is 40.2 Å². The standard InChI is InChI=1S/C17H24N4O2/c1-4-21(5-2)9-8-18-17(23)20-15-11-19-14-7-6-12(3)10-13(14)16(15)22/h6-7,10-11H,4-5,8-9H2,1-3H3,(H,19,22)(H2,18,20,23). The highest BCUT2D eigenvalue weighted by Gasteiger charge is 2.09. The number of aromatic amines is 1. The third-order valence-electron chi connectivity index (χ3n) is 3.89. The molecule has 2 rings (SSSR count). The number of nitrogens with zero attached hydrogens (tertiary/aromatic N) is 1. The molecule has 2 aromatic rings.